The first-order valence-electron chi connectivity index (χ1n) is 11.7. The Morgan fingerprint density at radius 3 is 2.76 bits per heavy atom. The van der Waals surface area contributed by atoms with E-state index in [9.17, 15) is 5.11 Å². The van der Waals surface area contributed by atoms with Crippen molar-refractivity contribution in [2.24, 2.45) is 34.5 Å². The number of ether oxygens (including phenoxy) is 1. The number of aromatic nitrogens is 1. The third kappa shape index (κ3) is 3.76. The highest BCUT2D eigenvalue weighted by Crippen LogP contribution is 2.61. The molecule has 4 rings (SSSR count). The molecule has 0 aliphatic heterocycles. The van der Waals surface area contributed by atoms with Crippen molar-refractivity contribution in [2.75, 3.05) is 6.61 Å². The maximum Gasteiger partial charge on any atom is 0.213 e. The zero-order valence-electron chi connectivity index (χ0n) is 18.6. The van der Waals surface area contributed by atoms with Gasteiger partial charge < -0.3 is 9.84 Å². The number of aliphatic hydroxyl groups excluding tert-OH is 1. The average Bonchev–Trinajstić information content (AvgIpc) is 3.01. The van der Waals surface area contributed by atoms with Crippen molar-refractivity contribution < 1.29 is 9.84 Å². The second-order valence-electron chi connectivity index (χ2n) is 10.7. The fraction of sp³-hybridized carbons (Fsp3) is 0.731. The minimum absolute atomic E-state index is 0.159. The molecule has 29 heavy (non-hydrogen) atoms. The van der Waals surface area contributed by atoms with Crippen LogP contribution >= 0.6 is 0 Å². The Morgan fingerprint density at radius 1 is 1.17 bits per heavy atom. The summed E-state index contributed by atoms with van der Waals surface area (Å²) >= 11 is 0. The molecule has 0 bridgehead atoms. The van der Waals surface area contributed by atoms with Crippen molar-refractivity contribution in [3.05, 3.63) is 36.5 Å². The van der Waals surface area contributed by atoms with Crippen LogP contribution in [0.5, 0.6) is 5.88 Å². The molecule has 160 valence electrons. The van der Waals surface area contributed by atoms with E-state index in [1.807, 2.05) is 18.2 Å². The van der Waals surface area contributed by atoms with E-state index in [1.54, 1.807) is 6.20 Å². The number of rotatable bonds is 5. The Labute approximate surface area is 177 Å². The van der Waals surface area contributed by atoms with E-state index in [1.165, 1.54) is 31.3 Å². The molecule has 3 heteroatoms. The van der Waals surface area contributed by atoms with Gasteiger partial charge in [0.05, 0.1) is 12.7 Å². The standard InChI is InChI=1S/C26H39NO2/c1-18-10-13-26(4,20(17-18)12-16-29-23-7-5-6-15-27-23)22-11-14-25(3)19(2)8-9-21(25)24(22)28/h5-7,15,18,20-22,24,28H,2,8-14,16-17H2,1,3-4H3/t18-,20-,21-,22-,24-,25+,26-/m0/s1. The lowest BCUT2D eigenvalue weighted by molar-refractivity contribution is -0.113. The lowest BCUT2D eigenvalue weighted by atomic mass is 9.51. The van der Waals surface area contributed by atoms with Gasteiger partial charge in [0.2, 0.25) is 5.88 Å². The number of allylic oxidation sites excluding steroid dienone is 1. The predicted octanol–water partition coefficient (Wildman–Crippen LogP) is 6.04. The SMILES string of the molecule is C=C1CC[C@H]2[C@H](O)[C@@H]([C@@]3(C)CC[C@H](C)C[C@@H]3CCOc3ccccn3)CC[C@]12C. The Kier molecular flexibility index (Phi) is 5.81. The van der Waals surface area contributed by atoms with Crippen LogP contribution in [0, 0.1) is 34.5 Å². The first-order chi connectivity index (χ1) is 13.8. The van der Waals surface area contributed by atoms with Gasteiger partial charge in [-0.1, -0.05) is 45.4 Å². The van der Waals surface area contributed by atoms with Gasteiger partial charge in [0.15, 0.2) is 0 Å². The summed E-state index contributed by atoms with van der Waals surface area (Å²) in [5.74, 6) is 2.88. The normalized spacial score (nSPS) is 42.5. The van der Waals surface area contributed by atoms with Crippen LogP contribution in [0.2, 0.25) is 0 Å². The molecule has 7 atom stereocenters. The molecule has 1 heterocycles. The molecular weight excluding hydrogens is 358 g/mol. The van der Waals surface area contributed by atoms with Crippen molar-refractivity contribution in [3.63, 3.8) is 0 Å². The Bertz CT molecular complexity index is 719. The van der Waals surface area contributed by atoms with Crippen molar-refractivity contribution in [1.82, 2.24) is 4.98 Å². The third-order valence-electron chi connectivity index (χ3n) is 9.18. The van der Waals surface area contributed by atoms with Crippen molar-refractivity contribution in [1.29, 1.82) is 0 Å². The summed E-state index contributed by atoms with van der Waals surface area (Å²) in [5.41, 5.74) is 1.74. The fourth-order valence-electron chi connectivity index (χ4n) is 7.04. The second-order valence-corrected chi connectivity index (χ2v) is 10.7. The maximum atomic E-state index is 11.5. The summed E-state index contributed by atoms with van der Waals surface area (Å²) in [7, 11) is 0. The summed E-state index contributed by atoms with van der Waals surface area (Å²) in [6, 6.07) is 5.82. The summed E-state index contributed by atoms with van der Waals surface area (Å²) < 4.78 is 5.97. The van der Waals surface area contributed by atoms with Gasteiger partial charge in [0, 0.05) is 12.3 Å². The van der Waals surface area contributed by atoms with Crippen LogP contribution < -0.4 is 4.74 Å². The quantitative estimate of drug-likeness (QED) is 0.616. The number of aliphatic hydroxyl groups is 1. The molecule has 0 saturated heterocycles. The zero-order valence-corrected chi connectivity index (χ0v) is 18.6. The van der Waals surface area contributed by atoms with Crippen LogP contribution in [0.3, 0.4) is 0 Å². The molecule has 1 aromatic rings. The second kappa shape index (κ2) is 8.06. The third-order valence-corrected chi connectivity index (χ3v) is 9.18. The van der Waals surface area contributed by atoms with Gasteiger partial charge in [0.1, 0.15) is 0 Å². The zero-order chi connectivity index (χ0) is 20.6. The van der Waals surface area contributed by atoms with Gasteiger partial charge in [-0.3, -0.25) is 0 Å². The number of fused-ring (bicyclic) bond motifs is 1. The van der Waals surface area contributed by atoms with Crippen LogP contribution in [0.15, 0.2) is 36.5 Å². The molecule has 0 spiro atoms. The lowest BCUT2D eigenvalue weighted by Gasteiger charge is -2.55. The molecule has 3 aliphatic rings. The van der Waals surface area contributed by atoms with Crippen LogP contribution in [-0.2, 0) is 0 Å². The molecule has 0 amide bonds. The number of nitrogens with zero attached hydrogens (tertiary/aromatic N) is 1. The van der Waals surface area contributed by atoms with E-state index < -0.39 is 0 Å². The highest BCUT2D eigenvalue weighted by atomic mass is 16.5. The van der Waals surface area contributed by atoms with Gasteiger partial charge in [0.25, 0.3) is 0 Å². The molecule has 3 nitrogen and oxygen atoms in total. The predicted molar refractivity (Wildman–Crippen MR) is 118 cm³/mol. The van der Waals surface area contributed by atoms with Crippen LogP contribution in [0.1, 0.15) is 72.1 Å². The lowest BCUT2D eigenvalue weighted by Crippen LogP contribution is -2.52. The molecule has 0 aromatic carbocycles. The van der Waals surface area contributed by atoms with Crippen molar-refractivity contribution in [3.8, 4) is 5.88 Å². The van der Waals surface area contributed by atoms with Gasteiger partial charge in [-0.05, 0) is 85.5 Å². The highest BCUT2D eigenvalue weighted by Gasteiger charge is 2.56. The molecular formula is C26H39NO2. The molecule has 0 radical (unpaired) electrons. The summed E-state index contributed by atoms with van der Waals surface area (Å²) in [6.45, 7) is 12.3. The monoisotopic (exact) mass is 397 g/mol. The van der Waals surface area contributed by atoms with Crippen LogP contribution in [0.4, 0.5) is 0 Å². The highest BCUT2D eigenvalue weighted by molar-refractivity contribution is 5.21. The largest absolute Gasteiger partial charge is 0.478 e. The van der Waals surface area contributed by atoms with Crippen molar-refractivity contribution in [2.45, 2.75) is 78.2 Å². The number of hydrogen-bond acceptors (Lipinski definition) is 3. The first-order valence-corrected chi connectivity index (χ1v) is 11.7. The smallest absolute Gasteiger partial charge is 0.213 e. The summed E-state index contributed by atoms with van der Waals surface area (Å²) in [4.78, 5) is 4.30. The Hall–Kier alpha value is -1.35. The van der Waals surface area contributed by atoms with Crippen LogP contribution in [0.25, 0.3) is 0 Å². The number of hydrogen-bond donors (Lipinski definition) is 1. The first kappa shape index (κ1) is 20.9. The Morgan fingerprint density at radius 2 is 2.00 bits per heavy atom. The molecule has 3 aliphatic carbocycles. The summed E-state index contributed by atoms with van der Waals surface area (Å²) in [6.07, 6.45) is 11.0. The molecule has 1 aromatic heterocycles. The average molecular weight is 398 g/mol. The molecule has 3 saturated carbocycles. The number of pyridine rings is 1. The van der Waals surface area contributed by atoms with E-state index in [-0.39, 0.29) is 16.9 Å². The minimum Gasteiger partial charge on any atom is -0.478 e. The minimum atomic E-state index is -0.189. The van der Waals surface area contributed by atoms with Gasteiger partial charge in [-0.25, -0.2) is 4.98 Å². The van der Waals surface area contributed by atoms with Crippen molar-refractivity contribution >= 4 is 0 Å². The van der Waals surface area contributed by atoms with Crippen LogP contribution in [-0.4, -0.2) is 22.8 Å². The van der Waals surface area contributed by atoms with E-state index in [2.05, 4.69) is 32.3 Å². The van der Waals surface area contributed by atoms with Gasteiger partial charge in [-0.15, -0.1) is 0 Å². The Balaban J connectivity index is 1.48. The molecule has 0 unspecified atom stereocenters. The van der Waals surface area contributed by atoms with E-state index in [4.69, 9.17) is 4.74 Å². The van der Waals surface area contributed by atoms with E-state index in [0.717, 1.165) is 37.5 Å². The van der Waals surface area contributed by atoms with Gasteiger partial charge >= 0.3 is 0 Å². The van der Waals surface area contributed by atoms with Gasteiger partial charge in [-0.2, -0.15) is 0 Å². The fourth-order valence-corrected chi connectivity index (χ4v) is 7.04. The topological polar surface area (TPSA) is 42.4 Å². The van der Waals surface area contributed by atoms with E-state index >= 15 is 0 Å². The molecule has 1 N–H and O–H groups in total. The maximum absolute atomic E-state index is 11.5. The summed E-state index contributed by atoms with van der Waals surface area (Å²) in [5, 5.41) is 11.5. The van der Waals surface area contributed by atoms with E-state index in [0.29, 0.717) is 24.4 Å². The molecule has 3 fully saturated rings.